The van der Waals surface area contributed by atoms with Gasteiger partial charge < -0.3 is 28.8 Å². The monoisotopic (exact) mass is 646 g/mol. The number of amides is 2. The summed E-state index contributed by atoms with van der Waals surface area (Å²) in [6, 6.07) is 15.8. The lowest BCUT2D eigenvalue weighted by atomic mass is 10.00. The maximum Gasteiger partial charge on any atom is 0.419 e. The van der Waals surface area contributed by atoms with Gasteiger partial charge in [-0.2, -0.15) is 5.26 Å². The highest BCUT2D eigenvalue weighted by Gasteiger charge is 2.34. The van der Waals surface area contributed by atoms with E-state index in [0.717, 1.165) is 22.2 Å². The fraction of sp³-hybridized carbons (Fsp3) is 0.515. The van der Waals surface area contributed by atoms with E-state index < -0.39 is 28.9 Å². The number of hydrogen-bond donors (Lipinski definition) is 1. The number of ether oxygens (including phenoxy) is 3. The molecule has 2 aliphatic rings. The first kappa shape index (κ1) is 33.4. The summed E-state index contributed by atoms with van der Waals surface area (Å²) < 4.78 is 23.6. The fourth-order valence-electron chi connectivity index (χ4n) is 5.37. The van der Waals surface area contributed by atoms with Crippen molar-refractivity contribution >= 4 is 33.3 Å². The van der Waals surface area contributed by atoms with Gasteiger partial charge in [0.2, 0.25) is 0 Å². The van der Waals surface area contributed by atoms with Crippen molar-refractivity contribution in [1.29, 1.82) is 5.26 Å². The quantitative estimate of drug-likeness (QED) is 0.348. The number of aromatic nitrogens is 1. The molecule has 2 aliphatic heterocycles. The Morgan fingerprint density at radius 2 is 1.87 bits per heavy atom. The summed E-state index contributed by atoms with van der Waals surface area (Å²) in [5.74, 6) is -0.894. The van der Waals surface area contributed by atoms with Crippen LogP contribution >= 0.6 is 0 Å². The Morgan fingerprint density at radius 3 is 2.52 bits per heavy atom. The summed E-state index contributed by atoms with van der Waals surface area (Å²) >= 11 is 0. The molecule has 2 amide bonds. The lowest BCUT2D eigenvalue weighted by Crippen LogP contribution is -2.55. The minimum atomic E-state index is -1.41. The van der Waals surface area contributed by atoms with Gasteiger partial charge in [0.05, 0.1) is 47.6 Å². The van der Waals surface area contributed by atoms with Crippen molar-refractivity contribution in [3.05, 3.63) is 58.6 Å². The number of nitriles is 1. The first-order chi connectivity index (χ1) is 21.8. The van der Waals surface area contributed by atoms with Crippen LogP contribution in [0.1, 0.15) is 32.8 Å². The molecule has 0 unspecified atom stereocenters. The van der Waals surface area contributed by atoms with E-state index in [1.165, 1.54) is 4.90 Å². The zero-order chi connectivity index (χ0) is 33.1. The Bertz CT molecular complexity index is 1650. The predicted octanol–water partition coefficient (Wildman–Crippen LogP) is 2.67. The summed E-state index contributed by atoms with van der Waals surface area (Å²) in [5.41, 5.74) is 3.22. The second kappa shape index (κ2) is 13.8. The Balaban J connectivity index is 1.24. The first-order valence-corrected chi connectivity index (χ1v) is 15.9. The van der Waals surface area contributed by atoms with Crippen LogP contribution in [0.15, 0.2) is 51.7 Å². The molecule has 3 radical (unpaired) electrons. The van der Waals surface area contributed by atoms with E-state index in [1.54, 1.807) is 31.4 Å². The van der Waals surface area contributed by atoms with Gasteiger partial charge in [0.1, 0.15) is 10.8 Å². The van der Waals surface area contributed by atoms with Gasteiger partial charge in [-0.1, -0.05) is 30.3 Å². The lowest BCUT2D eigenvalue weighted by molar-refractivity contribution is -0.133. The molecule has 2 fully saturated rings. The van der Waals surface area contributed by atoms with Gasteiger partial charge in [-0.15, -0.1) is 0 Å². The Morgan fingerprint density at radius 1 is 1.15 bits per heavy atom. The predicted molar refractivity (Wildman–Crippen MR) is 171 cm³/mol. The maximum atomic E-state index is 13.2. The number of hydrogen-bond acceptors (Lipinski definition) is 9. The highest BCUT2D eigenvalue weighted by Crippen LogP contribution is 2.26. The van der Waals surface area contributed by atoms with Crippen molar-refractivity contribution in [2.24, 2.45) is 0 Å². The Kier molecular flexibility index (Phi) is 10.0. The number of benzene rings is 2. The van der Waals surface area contributed by atoms with Crippen LogP contribution in [0.25, 0.3) is 22.2 Å². The number of oxazole rings is 1. The van der Waals surface area contributed by atoms with Crippen molar-refractivity contribution in [3.8, 4) is 17.2 Å². The van der Waals surface area contributed by atoms with E-state index in [4.69, 9.17) is 18.6 Å². The van der Waals surface area contributed by atoms with Gasteiger partial charge in [-0.05, 0) is 63.1 Å². The molecule has 0 aliphatic carbocycles. The molecular formula is C33H40N5O7Si. The summed E-state index contributed by atoms with van der Waals surface area (Å²) in [4.78, 5) is 42.2. The van der Waals surface area contributed by atoms with E-state index in [-0.39, 0.29) is 18.7 Å². The highest BCUT2D eigenvalue weighted by atomic mass is 28.1. The molecule has 3 aromatic rings. The molecule has 2 aromatic carbocycles. The summed E-state index contributed by atoms with van der Waals surface area (Å²) in [7, 11) is 5.52. The minimum Gasteiger partial charge on any atom is -0.444 e. The average Bonchev–Trinajstić information content (AvgIpc) is 3.11. The summed E-state index contributed by atoms with van der Waals surface area (Å²) in [6.45, 7) is 8.68. The second-order valence-electron chi connectivity index (χ2n) is 12.9. The normalized spacial score (nSPS) is 18.8. The van der Waals surface area contributed by atoms with Gasteiger partial charge in [-0.3, -0.25) is 14.3 Å². The molecule has 13 heteroatoms. The summed E-state index contributed by atoms with van der Waals surface area (Å²) in [5, 5.41) is 11.4. The zero-order valence-corrected chi connectivity index (χ0v) is 27.7. The molecule has 1 aromatic heterocycles. The third-order valence-electron chi connectivity index (χ3n) is 8.09. The number of nitrogens with zero attached hydrogens (tertiary/aromatic N) is 4. The molecule has 2 atom stereocenters. The smallest absolute Gasteiger partial charge is 0.419 e. The minimum absolute atomic E-state index is 0.0181. The van der Waals surface area contributed by atoms with Crippen LogP contribution in [-0.2, 0) is 32.0 Å². The van der Waals surface area contributed by atoms with Crippen LogP contribution in [0.5, 0.6) is 0 Å². The largest absolute Gasteiger partial charge is 0.444 e. The van der Waals surface area contributed by atoms with E-state index in [0.29, 0.717) is 57.5 Å². The summed E-state index contributed by atoms with van der Waals surface area (Å²) in [6.07, 6.45) is -0.729. The number of carbonyl (C=O) groups is 2. The maximum absolute atomic E-state index is 13.2. The van der Waals surface area contributed by atoms with Crippen LogP contribution in [0, 0.1) is 11.3 Å². The molecule has 0 saturated carbocycles. The van der Waals surface area contributed by atoms with Crippen molar-refractivity contribution < 1.29 is 28.2 Å². The zero-order valence-electron chi connectivity index (χ0n) is 26.7. The number of rotatable bonds is 9. The molecule has 0 spiro atoms. The van der Waals surface area contributed by atoms with Crippen molar-refractivity contribution in [2.45, 2.75) is 63.1 Å². The van der Waals surface area contributed by atoms with E-state index in [1.807, 2.05) is 43.4 Å². The molecule has 5 rings (SSSR count). The highest BCUT2D eigenvalue weighted by molar-refractivity contribution is 6.19. The van der Waals surface area contributed by atoms with Gasteiger partial charge in [0.15, 0.2) is 11.7 Å². The molecule has 243 valence electrons. The van der Waals surface area contributed by atoms with Crippen molar-refractivity contribution in [2.75, 3.05) is 46.5 Å². The molecule has 3 heterocycles. The van der Waals surface area contributed by atoms with Crippen LogP contribution in [0.3, 0.4) is 0 Å². The molecule has 12 nitrogen and oxygen atoms in total. The first-order valence-electron chi connectivity index (χ1n) is 15.4. The number of carbonyl (C=O) groups excluding carboxylic acids is 2. The average molecular weight is 647 g/mol. The van der Waals surface area contributed by atoms with Gasteiger partial charge in [-0.25, -0.2) is 9.59 Å². The van der Waals surface area contributed by atoms with E-state index in [9.17, 15) is 19.6 Å². The van der Waals surface area contributed by atoms with Crippen LogP contribution in [-0.4, -0.2) is 106 Å². The van der Waals surface area contributed by atoms with Crippen LogP contribution in [0.2, 0.25) is 0 Å². The number of fused-ring (bicyclic) bond motifs is 1. The number of likely N-dealkylation sites (N-methyl/N-ethyl adjacent to an activating group) is 1. The van der Waals surface area contributed by atoms with Crippen LogP contribution < -0.4 is 11.1 Å². The third-order valence-corrected chi connectivity index (χ3v) is 8.51. The van der Waals surface area contributed by atoms with Crippen molar-refractivity contribution in [3.63, 3.8) is 0 Å². The fourth-order valence-corrected chi connectivity index (χ4v) is 5.70. The number of nitrogens with one attached hydrogen (secondary N) is 1. The van der Waals surface area contributed by atoms with Gasteiger partial charge in [0, 0.05) is 32.7 Å². The molecule has 2 saturated heterocycles. The Hall–Kier alpha value is -3.96. The molecule has 1 N–H and O–H groups in total. The standard InChI is InChI=1S/C33H40N5O7Si/c1-32(2,3)45-30(40)37-12-5-15-43-28(18-37)29(39)35-33(46,21-34)17-22-6-8-23(9-7-22)24-10-11-27-26(16-24)38(31(41)44-27)14-13-36(4)25-19-42-20-25/h6-11,16,25,28H,5,12-15,17-20H2,1-4H3,(H,35,39)/t28-,33-/m0/s1. The van der Waals surface area contributed by atoms with Gasteiger partial charge >= 0.3 is 11.8 Å². The topological polar surface area (TPSA) is 139 Å². The Labute approximate surface area is 271 Å². The second-order valence-corrected chi connectivity index (χ2v) is 13.7. The van der Waals surface area contributed by atoms with Crippen molar-refractivity contribution in [1.82, 2.24) is 19.7 Å². The van der Waals surface area contributed by atoms with E-state index in [2.05, 4.69) is 26.5 Å². The van der Waals surface area contributed by atoms with Gasteiger partial charge in [0.25, 0.3) is 5.91 Å². The molecule has 46 heavy (non-hydrogen) atoms. The molecular weight excluding hydrogens is 606 g/mol. The van der Waals surface area contributed by atoms with E-state index >= 15 is 0 Å². The molecule has 0 bridgehead atoms. The third kappa shape index (κ3) is 8.05. The van der Waals surface area contributed by atoms with Crippen LogP contribution in [0.4, 0.5) is 4.79 Å². The SMILES string of the molecule is CN(CCn1c(=O)oc2ccc(-c3ccc(C[C@]([Si])(C#N)NC(=O)[C@@H]4CN(C(=O)OC(C)(C)C)CCCO4)cc3)cc21)C1COC1. The lowest BCUT2D eigenvalue weighted by Gasteiger charge is -2.34.